The first-order valence-electron chi connectivity index (χ1n) is 8.65. The summed E-state index contributed by atoms with van der Waals surface area (Å²) in [6.45, 7) is -0.956. The predicted molar refractivity (Wildman–Crippen MR) is 103 cm³/mol. The monoisotopic (exact) mass is 613 g/mol. The third-order valence-electron chi connectivity index (χ3n) is 3.82. The van der Waals surface area contributed by atoms with Crippen molar-refractivity contribution in [3.63, 3.8) is 0 Å². The molecule has 27 heteroatoms. The number of hydrogen-bond acceptors (Lipinski definition) is 16. The van der Waals surface area contributed by atoms with Gasteiger partial charge in [0.2, 0.25) is 0 Å². The minimum Gasteiger partial charge on any atom is -0.871 e. The van der Waals surface area contributed by atoms with Crippen LogP contribution < -0.4 is 74.9 Å². The van der Waals surface area contributed by atoms with Crippen LogP contribution in [-0.4, -0.2) is 86.6 Å². The quantitative estimate of drug-likeness (QED) is 0.101. The molecule has 3 rings (SSSR count). The van der Waals surface area contributed by atoms with Crippen molar-refractivity contribution in [1.82, 2.24) is 19.5 Å². The Morgan fingerprint density at radius 1 is 1.03 bits per heavy atom. The van der Waals surface area contributed by atoms with E-state index in [9.17, 15) is 28.8 Å². The number of imidazole rings is 1. The zero-order chi connectivity index (χ0) is 26.8. The summed E-state index contributed by atoms with van der Waals surface area (Å²) < 4.78 is 51.9. The van der Waals surface area contributed by atoms with Gasteiger partial charge < -0.3 is 55.3 Å². The Hall–Kier alpha value is 0.585. The Kier molecular flexibility index (Phi) is 15.2. The van der Waals surface area contributed by atoms with Crippen molar-refractivity contribution in [1.29, 1.82) is 0 Å². The van der Waals surface area contributed by atoms with Gasteiger partial charge in [-0.2, -0.15) is 8.62 Å². The van der Waals surface area contributed by atoms with E-state index < -0.39 is 61.9 Å². The number of phosphoric ester groups is 1. The number of nitrogens with two attached hydrogens (primary N) is 1. The zero-order valence-electron chi connectivity index (χ0n) is 18.8. The SMILES string of the molecule is Nc1ncnc2c1ncn2[C@@H]1O[C@H](COP(=O)(O)OP(=O)(O)OP(=O)(O)O)[C@@H](O)[C@H]1O.[Na+].[Na+].[O-]B([O-])O. The minimum absolute atomic E-state index is 0. The van der Waals surface area contributed by atoms with E-state index in [1.165, 1.54) is 10.9 Å². The van der Waals surface area contributed by atoms with E-state index in [1.54, 1.807) is 0 Å². The Labute approximate surface area is 250 Å². The molecule has 1 aliphatic heterocycles. The molecule has 21 nitrogen and oxygen atoms in total. The Morgan fingerprint density at radius 3 is 2.14 bits per heavy atom. The number of phosphoric acid groups is 3. The standard InChI is InChI=1S/C10H16N5O13P3.BHO3.2Na/c11-8-5-9(13-2-12-8)15(3-14-5)10-7(17)6(16)4(26-10)1-25-30(21,22)28-31(23,24)27-29(18,19)20;2-1(3)4;;/h2-4,6-7,10,16-17H,1H2,(H,21,22)(H,23,24)(H2,11,12,13)(H2,18,19,20);2H;;/q;-2;2*+1/t4-,6-,7-,10-;;;/m1.../s1. The van der Waals surface area contributed by atoms with Crippen molar-refractivity contribution in [2.45, 2.75) is 24.5 Å². The predicted octanol–water partition coefficient (Wildman–Crippen LogP) is -10.9. The van der Waals surface area contributed by atoms with Crippen LogP contribution >= 0.6 is 23.5 Å². The maximum Gasteiger partial charge on any atom is 1.00 e. The first-order valence-corrected chi connectivity index (χ1v) is 13.2. The molecule has 0 aromatic carbocycles. The van der Waals surface area contributed by atoms with Gasteiger partial charge in [-0.1, -0.05) is 0 Å². The fraction of sp³-hybridized carbons (Fsp3) is 0.500. The van der Waals surface area contributed by atoms with Gasteiger partial charge in [-0.25, -0.2) is 28.6 Å². The van der Waals surface area contributed by atoms with Crippen LogP contribution in [0.3, 0.4) is 0 Å². The summed E-state index contributed by atoms with van der Waals surface area (Å²) in [6.07, 6.45) is -3.69. The molecule has 0 spiro atoms. The number of anilines is 1. The second kappa shape index (κ2) is 15.0. The summed E-state index contributed by atoms with van der Waals surface area (Å²) in [4.78, 5) is 47.2. The summed E-state index contributed by atoms with van der Waals surface area (Å²) in [5.41, 5.74) is 6.00. The molecule has 198 valence electrons. The Morgan fingerprint density at radius 2 is 1.59 bits per heavy atom. The molecule has 3 heterocycles. The molecule has 1 fully saturated rings. The molecule has 6 atom stereocenters. The molecule has 1 aliphatic rings. The molecular weight excluding hydrogens is 596 g/mol. The number of aliphatic hydroxyl groups excluding tert-OH is 2. The van der Waals surface area contributed by atoms with Crippen LogP contribution in [0, 0.1) is 0 Å². The van der Waals surface area contributed by atoms with Gasteiger partial charge in [-0.3, -0.25) is 9.09 Å². The number of ether oxygens (including phenoxy) is 1. The third-order valence-corrected chi connectivity index (χ3v) is 7.62. The van der Waals surface area contributed by atoms with E-state index in [2.05, 4.69) is 28.1 Å². The molecule has 0 aliphatic carbocycles. The van der Waals surface area contributed by atoms with Gasteiger partial charge in [0.05, 0.1) is 20.3 Å². The largest absolute Gasteiger partial charge is 1.00 e. The van der Waals surface area contributed by atoms with Gasteiger partial charge in [0.15, 0.2) is 17.7 Å². The van der Waals surface area contributed by atoms with E-state index in [4.69, 9.17) is 40.2 Å². The average Bonchev–Trinajstić information content (AvgIpc) is 3.20. The summed E-state index contributed by atoms with van der Waals surface area (Å²) >= 11 is 0. The normalized spacial score (nSPS) is 24.6. The number of nitrogen functional groups attached to an aromatic ring is 1. The van der Waals surface area contributed by atoms with E-state index in [0.29, 0.717) is 0 Å². The second-order valence-electron chi connectivity index (χ2n) is 6.32. The van der Waals surface area contributed by atoms with Crippen molar-refractivity contribution >= 4 is 47.8 Å². The van der Waals surface area contributed by atoms with Gasteiger partial charge in [0.25, 0.3) is 0 Å². The number of hydrogen-bond donors (Lipinski definition) is 8. The van der Waals surface area contributed by atoms with Gasteiger partial charge in [-0.15, -0.1) is 0 Å². The van der Waals surface area contributed by atoms with Crippen molar-refractivity contribution in [3.05, 3.63) is 12.7 Å². The zero-order valence-corrected chi connectivity index (χ0v) is 25.4. The van der Waals surface area contributed by atoms with Crippen molar-refractivity contribution in [3.8, 4) is 0 Å². The number of aliphatic hydroxyl groups is 2. The molecule has 37 heavy (non-hydrogen) atoms. The van der Waals surface area contributed by atoms with Crippen molar-refractivity contribution in [2.24, 2.45) is 0 Å². The van der Waals surface area contributed by atoms with Crippen molar-refractivity contribution in [2.75, 3.05) is 12.3 Å². The van der Waals surface area contributed by atoms with Crippen LogP contribution in [-0.2, 0) is 31.6 Å². The van der Waals surface area contributed by atoms with Crippen molar-refractivity contribution < 1.29 is 136 Å². The summed E-state index contributed by atoms with van der Waals surface area (Å²) in [5, 5.41) is 44.4. The molecule has 2 aromatic rings. The van der Waals surface area contributed by atoms with E-state index in [1.807, 2.05) is 0 Å². The molecule has 0 bridgehead atoms. The van der Waals surface area contributed by atoms with E-state index in [-0.39, 0.29) is 76.1 Å². The molecule has 2 unspecified atom stereocenters. The fourth-order valence-corrected chi connectivity index (χ4v) is 5.65. The molecule has 9 N–H and O–H groups in total. The molecule has 0 amide bonds. The van der Waals surface area contributed by atoms with Crippen LogP contribution in [0.4, 0.5) is 5.82 Å². The maximum absolute atomic E-state index is 11.8. The molecule has 0 saturated carbocycles. The van der Waals surface area contributed by atoms with Crippen LogP contribution in [0.15, 0.2) is 12.7 Å². The maximum atomic E-state index is 11.8. The van der Waals surface area contributed by atoms with Gasteiger partial charge in [0, 0.05) is 0 Å². The molecule has 2 aromatic heterocycles. The van der Waals surface area contributed by atoms with Crippen LogP contribution in [0.1, 0.15) is 6.23 Å². The fourth-order valence-electron chi connectivity index (χ4n) is 2.62. The summed E-state index contributed by atoms with van der Waals surface area (Å²) in [6, 6.07) is 0. The number of aromatic nitrogens is 4. The molecule has 1 saturated heterocycles. The number of fused-ring (bicyclic) bond motifs is 1. The van der Waals surface area contributed by atoms with E-state index in [0.717, 1.165) is 6.33 Å². The van der Waals surface area contributed by atoms with Gasteiger partial charge in [0.1, 0.15) is 30.2 Å². The topological polar surface area (TPSA) is 345 Å². The second-order valence-corrected chi connectivity index (χ2v) is 10.7. The number of nitrogens with zero attached hydrogens (tertiary/aromatic N) is 4. The Bertz CT molecular complexity index is 1170. The number of rotatable bonds is 8. The first kappa shape index (κ1) is 37.6. The van der Waals surface area contributed by atoms with Gasteiger partial charge in [-0.05, 0) is 0 Å². The summed E-state index contributed by atoms with van der Waals surface area (Å²) in [5.74, 6) is 0.0426. The van der Waals surface area contributed by atoms with Crippen LogP contribution in [0.5, 0.6) is 0 Å². The first-order chi connectivity index (χ1) is 15.9. The Balaban J connectivity index is 0.00000201. The summed E-state index contributed by atoms with van der Waals surface area (Å²) in [7, 11) is -19.3. The molecule has 0 radical (unpaired) electrons. The molecular formula is C10H17BN5Na2O16P3. The van der Waals surface area contributed by atoms with Crippen LogP contribution in [0.2, 0.25) is 0 Å². The smallest absolute Gasteiger partial charge is 0.871 e. The third kappa shape index (κ3) is 11.5. The minimum atomic E-state index is -5.70. The van der Waals surface area contributed by atoms with Crippen LogP contribution in [0.25, 0.3) is 11.2 Å². The van der Waals surface area contributed by atoms with Gasteiger partial charge >= 0.3 is 82.6 Å². The average molecular weight is 613 g/mol. The van der Waals surface area contributed by atoms with E-state index >= 15 is 0 Å².